The van der Waals surface area contributed by atoms with Crippen molar-refractivity contribution in [2.75, 3.05) is 6.61 Å². The molecule has 1 aliphatic rings. The normalized spacial score (nSPS) is 20.5. The SMILES string of the molecule is CC1([C@H](N[C@@H](CO)c2ccccc2)C(=O)O)CCCC1. The van der Waals surface area contributed by atoms with Crippen molar-refractivity contribution in [3.8, 4) is 0 Å². The largest absolute Gasteiger partial charge is 0.480 e. The molecule has 0 heterocycles. The van der Waals surface area contributed by atoms with Crippen molar-refractivity contribution in [3.05, 3.63) is 35.9 Å². The van der Waals surface area contributed by atoms with Gasteiger partial charge in [0.15, 0.2) is 0 Å². The number of hydrogen-bond donors (Lipinski definition) is 3. The Morgan fingerprint density at radius 3 is 2.40 bits per heavy atom. The molecule has 0 spiro atoms. The first-order valence-electron chi connectivity index (χ1n) is 7.21. The van der Waals surface area contributed by atoms with Gasteiger partial charge in [0.2, 0.25) is 0 Å². The van der Waals surface area contributed by atoms with Crippen LogP contribution in [0.4, 0.5) is 0 Å². The highest BCUT2D eigenvalue weighted by molar-refractivity contribution is 5.74. The molecule has 0 unspecified atom stereocenters. The zero-order valence-corrected chi connectivity index (χ0v) is 11.9. The van der Waals surface area contributed by atoms with Crippen molar-refractivity contribution in [1.29, 1.82) is 0 Å². The lowest BCUT2D eigenvalue weighted by Gasteiger charge is -2.34. The molecule has 1 saturated carbocycles. The number of carbonyl (C=O) groups is 1. The standard InChI is InChI=1S/C16H23NO3/c1-16(9-5-6-10-16)14(15(19)20)17-13(11-18)12-7-3-2-4-8-12/h2-4,7-8,13-14,17-18H,5-6,9-11H2,1H3,(H,19,20)/t13-,14+/m0/s1. The van der Waals surface area contributed by atoms with Crippen molar-refractivity contribution in [2.45, 2.75) is 44.7 Å². The highest BCUT2D eigenvalue weighted by atomic mass is 16.4. The fourth-order valence-corrected chi connectivity index (χ4v) is 3.18. The van der Waals surface area contributed by atoms with Gasteiger partial charge in [-0.3, -0.25) is 10.1 Å². The molecule has 4 nitrogen and oxygen atoms in total. The Bertz CT molecular complexity index is 440. The molecule has 0 aliphatic heterocycles. The van der Waals surface area contributed by atoms with Crippen LogP contribution in [0.2, 0.25) is 0 Å². The van der Waals surface area contributed by atoms with E-state index in [-0.39, 0.29) is 18.1 Å². The highest BCUT2D eigenvalue weighted by Gasteiger charge is 2.42. The van der Waals surface area contributed by atoms with Gasteiger partial charge in [0.25, 0.3) is 0 Å². The summed E-state index contributed by atoms with van der Waals surface area (Å²) in [5, 5.41) is 22.3. The molecule has 0 aromatic heterocycles. The molecule has 2 atom stereocenters. The zero-order valence-electron chi connectivity index (χ0n) is 11.9. The van der Waals surface area contributed by atoms with Crippen LogP contribution in [0.15, 0.2) is 30.3 Å². The fourth-order valence-electron chi connectivity index (χ4n) is 3.18. The number of aliphatic carboxylic acids is 1. The molecule has 3 N–H and O–H groups in total. The second-order valence-corrected chi connectivity index (χ2v) is 5.94. The Morgan fingerprint density at radius 1 is 1.30 bits per heavy atom. The number of carboxylic acids is 1. The Labute approximate surface area is 119 Å². The zero-order chi connectivity index (χ0) is 14.6. The summed E-state index contributed by atoms with van der Waals surface area (Å²) in [6.45, 7) is 1.93. The number of hydrogen-bond acceptors (Lipinski definition) is 3. The maximum absolute atomic E-state index is 11.6. The number of rotatable bonds is 6. The molecule has 4 heteroatoms. The Hall–Kier alpha value is -1.39. The van der Waals surface area contributed by atoms with Crippen molar-refractivity contribution in [2.24, 2.45) is 5.41 Å². The third kappa shape index (κ3) is 3.19. The average molecular weight is 277 g/mol. The number of aliphatic hydroxyl groups is 1. The van der Waals surface area contributed by atoms with Crippen LogP contribution < -0.4 is 5.32 Å². The smallest absolute Gasteiger partial charge is 0.321 e. The first kappa shape index (κ1) is 15.0. The summed E-state index contributed by atoms with van der Waals surface area (Å²) in [6, 6.07) is 8.55. The van der Waals surface area contributed by atoms with Crippen LogP contribution in [-0.2, 0) is 4.79 Å². The molecule has 2 rings (SSSR count). The van der Waals surface area contributed by atoms with Crippen LogP contribution in [0.3, 0.4) is 0 Å². The fraction of sp³-hybridized carbons (Fsp3) is 0.562. The first-order valence-corrected chi connectivity index (χ1v) is 7.21. The van der Waals surface area contributed by atoms with E-state index in [4.69, 9.17) is 0 Å². The van der Waals surface area contributed by atoms with Gasteiger partial charge in [-0.15, -0.1) is 0 Å². The van der Waals surface area contributed by atoms with Gasteiger partial charge < -0.3 is 10.2 Å². The van der Waals surface area contributed by atoms with Gasteiger partial charge in [-0.1, -0.05) is 50.1 Å². The van der Waals surface area contributed by atoms with Gasteiger partial charge in [0.05, 0.1) is 12.6 Å². The molecule has 1 aliphatic carbocycles. The quantitative estimate of drug-likeness (QED) is 0.746. The van der Waals surface area contributed by atoms with E-state index in [0.717, 1.165) is 31.2 Å². The van der Waals surface area contributed by atoms with E-state index in [2.05, 4.69) is 5.32 Å². The van der Waals surface area contributed by atoms with Crippen LogP contribution in [0.5, 0.6) is 0 Å². The maximum Gasteiger partial charge on any atom is 0.321 e. The third-order valence-electron chi connectivity index (χ3n) is 4.44. The van der Waals surface area contributed by atoms with Gasteiger partial charge in [-0.05, 0) is 23.8 Å². The average Bonchev–Trinajstić information content (AvgIpc) is 2.88. The van der Waals surface area contributed by atoms with Crippen LogP contribution in [0.1, 0.15) is 44.2 Å². The topological polar surface area (TPSA) is 69.6 Å². The first-order chi connectivity index (χ1) is 9.57. The van der Waals surface area contributed by atoms with Gasteiger partial charge in [-0.2, -0.15) is 0 Å². The summed E-state index contributed by atoms with van der Waals surface area (Å²) < 4.78 is 0. The van der Waals surface area contributed by atoms with Crippen molar-refractivity contribution in [3.63, 3.8) is 0 Å². The van der Waals surface area contributed by atoms with E-state index in [1.165, 1.54) is 0 Å². The molecule has 0 saturated heterocycles. The van der Waals surface area contributed by atoms with Crippen LogP contribution in [0, 0.1) is 5.41 Å². The van der Waals surface area contributed by atoms with Crippen LogP contribution in [-0.4, -0.2) is 28.8 Å². The minimum atomic E-state index is -0.830. The number of carboxylic acid groups (broad SMARTS) is 1. The second kappa shape index (κ2) is 6.37. The molecular formula is C16H23NO3. The molecule has 1 fully saturated rings. The van der Waals surface area contributed by atoms with E-state index in [1.807, 2.05) is 37.3 Å². The number of nitrogens with one attached hydrogen (secondary N) is 1. The predicted octanol–water partition coefficient (Wildman–Crippen LogP) is 2.34. The Kier molecular flexibility index (Phi) is 4.78. The summed E-state index contributed by atoms with van der Waals surface area (Å²) in [7, 11) is 0. The molecule has 0 amide bonds. The molecule has 1 aromatic carbocycles. The lowest BCUT2D eigenvalue weighted by molar-refractivity contribution is -0.143. The molecular weight excluding hydrogens is 254 g/mol. The van der Waals surface area contributed by atoms with E-state index < -0.39 is 12.0 Å². The number of benzene rings is 1. The Morgan fingerprint density at radius 2 is 1.90 bits per heavy atom. The van der Waals surface area contributed by atoms with E-state index in [9.17, 15) is 15.0 Å². The van der Waals surface area contributed by atoms with Gasteiger partial charge in [0, 0.05) is 0 Å². The molecule has 0 bridgehead atoms. The predicted molar refractivity (Wildman–Crippen MR) is 77.4 cm³/mol. The van der Waals surface area contributed by atoms with Crippen LogP contribution >= 0.6 is 0 Å². The van der Waals surface area contributed by atoms with Gasteiger partial charge in [0.1, 0.15) is 6.04 Å². The minimum absolute atomic E-state index is 0.107. The third-order valence-corrected chi connectivity index (χ3v) is 4.44. The molecule has 110 valence electrons. The van der Waals surface area contributed by atoms with E-state index >= 15 is 0 Å². The molecule has 1 aromatic rings. The summed E-state index contributed by atoms with van der Waals surface area (Å²) >= 11 is 0. The van der Waals surface area contributed by atoms with Gasteiger partial charge >= 0.3 is 5.97 Å². The maximum atomic E-state index is 11.6. The molecule has 20 heavy (non-hydrogen) atoms. The Balaban J connectivity index is 2.16. The van der Waals surface area contributed by atoms with E-state index in [0.29, 0.717) is 0 Å². The summed E-state index contributed by atoms with van der Waals surface area (Å²) in [4.78, 5) is 11.6. The highest BCUT2D eigenvalue weighted by Crippen LogP contribution is 2.41. The van der Waals surface area contributed by atoms with E-state index in [1.54, 1.807) is 0 Å². The summed E-state index contributed by atoms with van der Waals surface area (Å²) in [5.74, 6) is -0.830. The van der Waals surface area contributed by atoms with Crippen LogP contribution in [0.25, 0.3) is 0 Å². The lowest BCUT2D eigenvalue weighted by Crippen LogP contribution is -2.50. The minimum Gasteiger partial charge on any atom is -0.480 e. The van der Waals surface area contributed by atoms with Crippen molar-refractivity contribution < 1.29 is 15.0 Å². The summed E-state index contributed by atoms with van der Waals surface area (Å²) in [6.07, 6.45) is 4.00. The second-order valence-electron chi connectivity index (χ2n) is 5.94. The van der Waals surface area contributed by atoms with Crippen molar-refractivity contribution in [1.82, 2.24) is 5.32 Å². The molecule has 0 radical (unpaired) electrons. The van der Waals surface area contributed by atoms with Crippen molar-refractivity contribution >= 4 is 5.97 Å². The number of aliphatic hydroxyl groups excluding tert-OH is 1. The van der Waals surface area contributed by atoms with Gasteiger partial charge in [-0.25, -0.2) is 0 Å². The summed E-state index contributed by atoms with van der Waals surface area (Å²) in [5.41, 5.74) is 0.691. The monoisotopic (exact) mass is 277 g/mol. The lowest BCUT2D eigenvalue weighted by atomic mass is 9.80.